The van der Waals surface area contributed by atoms with Crippen molar-refractivity contribution < 1.29 is 9.08 Å². The number of carbonyl (C=O) groups excluding carboxylic acids is 1. The fourth-order valence-electron chi connectivity index (χ4n) is 0. The molecule has 0 fully saturated rings. The van der Waals surface area contributed by atoms with Crippen LogP contribution in [0, 0.1) is 0 Å². The zero-order chi connectivity index (χ0) is 4.28. The average molecular weight is 102 g/mol. The summed E-state index contributed by atoms with van der Waals surface area (Å²) in [7, 11) is 0. The Morgan fingerprint density at radius 2 is 2.00 bits per heavy atom. The molecule has 2 nitrogen and oxygen atoms in total. The molecule has 0 rings (SSSR count). The van der Waals surface area contributed by atoms with Gasteiger partial charge in [-0.15, -0.1) is 0 Å². The summed E-state index contributed by atoms with van der Waals surface area (Å²) in [6, 6.07) is 0. The molecule has 32 valence electrons. The molecule has 0 aliphatic carbocycles. The Labute approximate surface area is 53.2 Å². The summed E-state index contributed by atoms with van der Waals surface area (Å²) < 4.78 is 3.58. The van der Waals surface area contributed by atoms with Crippen molar-refractivity contribution in [1.82, 2.24) is 0 Å². The molecular weight excluding hydrogens is 98.4 g/mol. The van der Waals surface area contributed by atoms with E-state index in [2.05, 4.69) is 16.2 Å². The van der Waals surface area contributed by atoms with Gasteiger partial charge in [-0.05, 0) is 0 Å². The molecule has 0 aliphatic heterocycles. The molecule has 0 saturated carbocycles. The fraction of sp³-hybridized carbons (Fsp3) is 0.500. The van der Waals surface area contributed by atoms with Gasteiger partial charge in [0.05, 0.1) is 0 Å². The minimum absolute atomic E-state index is 0. The van der Waals surface area contributed by atoms with Crippen LogP contribution in [0.25, 0.3) is 0 Å². The number of hydrogen-bond donors (Lipinski definition) is 0. The molecule has 0 aliphatic rings. The monoisotopic (exact) mass is 102 g/mol. The first-order valence-corrected chi connectivity index (χ1v) is 1.37. The van der Waals surface area contributed by atoms with Crippen molar-refractivity contribution in [3.8, 4) is 0 Å². The quantitative estimate of drug-likeness (QED) is 0.404. The first-order valence-electron chi connectivity index (χ1n) is 1.06. The summed E-state index contributed by atoms with van der Waals surface area (Å²) in [6.45, 7) is 1.23. The van der Waals surface area contributed by atoms with E-state index in [9.17, 15) is 4.79 Å². The van der Waals surface area contributed by atoms with Crippen molar-refractivity contribution in [3.05, 3.63) is 0 Å². The Hall–Kier alpha value is 0.357. The summed E-state index contributed by atoms with van der Waals surface area (Å²) in [5.41, 5.74) is 0. The molecule has 0 aromatic rings. The molecule has 0 unspecified atom stereocenters. The Morgan fingerprint density at radius 1 is 1.83 bits per heavy atom. The number of carbonyl (C=O) groups is 1. The first kappa shape index (κ1) is 9.61. The maximum atomic E-state index is 9.46. The fourth-order valence-corrected chi connectivity index (χ4v) is 0. The van der Waals surface area contributed by atoms with Crippen molar-refractivity contribution in [2.75, 3.05) is 0 Å². The van der Waals surface area contributed by atoms with Gasteiger partial charge in [0, 0.05) is 6.92 Å². The molecule has 0 atom stereocenters. The molecule has 0 radical (unpaired) electrons. The second-order valence-electron chi connectivity index (χ2n) is 0.569. The van der Waals surface area contributed by atoms with Gasteiger partial charge in [0.15, 0.2) is 0 Å². The van der Waals surface area contributed by atoms with Crippen LogP contribution in [0.1, 0.15) is 6.92 Å². The normalized spacial score (nSPS) is 5.67. The molecule has 4 heteroatoms. The van der Waals surface area contributed by atoms with Gasteiger partial charge in [-0.2, -0.15) is 0 Å². The van der Waals surface area contributed by atoms with Crippen LogP contribution in [0.2, 0.25) is 0 Å². The topological polar surface area (TPSA) is 26.3 Å². The summed E-state index contributed by atoms with van der Waals surface area (Å²) in [4.78, 5) is 9.46. The Bertz CT molecular complexity index is 46.8. The van der Waals surface area contributed by atoms with Gasteiger partial charge in [0.25, 0.3) is 0 Å². The van der Waals surface area contributed by atoms with Crippen LogP contribution < -0.4 is 0 Å². The van der Waals surface area contributed by atoms with Gasteiger partial charge >= 0.3 is 24.8 Å². The zero-order valence-corrected chi connectivity index (χ0v) is 3.45. The second-order valence-corrected chi connectivity index (χ2v) is 0.723. The first-order chi connectivity index (χ1) is 2.27. The Kier molecular flexibility index (Phi) is 8.58. The van der Waals surface area contributed by atoms with E-state index in [0.717, 1.165) is 0 Å². The van der Waals surface area contributed by atoms with Gasteiger partial charge in [-0.1, -0.05) is 0 Å². The van der Waals surface area contributed by atoms with Crippen LogP contribution in [0.3, 0.4) is 0 Å². The van der Waals surface area contributed by atoms with E-state index in [1.165, 1.54) is 6.92 Å². The molecule has 0 aromatic heterocycles. The maximum absolute atomic E-state index is 9.46. The van der Waals surface area contributed by atoms with Crippen LogP contribution >= 0.6 is 11.9 Å². The average Bonchev–Trinajstić information content (AvgIpc) is 1.38. The Morgan fingerprint density at radius 3 is 2.00 bits per heavy atom. The predicted molar refractivity (Wildman–Crippen MR) is 24.8 cm³/mol. The molecule has 0 bridgehead atoms. The third kappa shape index (κ3) is 8.84. The van der Waals surface area contributed by atoms with Crippen molar-refractivity contribution >= 4 is 36.7 Å². The molecule has 0 saturated heterocycles. The number of rotatable bonds is 0. The van der Waals surface area contributed by atoms with E-state index in [0.29, 0.717) is 0 Å². The second kappa shape index (κ2) is 5.36. The molecule has 0 heterocycles. The van der Waals surface area contributed by atoms with E-state index in [4.69, 9.17) is 0 Å². The van der Waals surface area contributed by atoms with Crippen molar-refractivity contribution in [2.45, 2.75) is 6.92 Å². The van der Waals surface area contributed by atoms with Gasteiger partial charge in [0.2, 0.25) is 0 Å². The molecule has 0 spiro atoms. The van der Waals surface area contributed by atoms with Gasteiger partial charge in [-0.3, -0.25) is 4.79 Å². The van der Waals surface area contributed by atoms with E-state index in [-0.39, 0.29) is 18.9 Å². The summed E-state index contributed by atoms with van der Waals surface area (Å²) in [6.07, 6.45) is 0. The van der Waals surface area contributed by atoms with E-state index in [1.807, 2.05) is 0 Å². The van der Waals surface area contributed by atoms with Crippen LogP contribution in [0.4, 0.5) is 0 Å². The van der Waals surface area contributed by atoms with Crippen LogP contribution in [0.15, 0.2) is 0 Å². The van der Waals surface area contributed by atoms with Gasteiger partial charge in [-0.25, -0.2) is 0 Å². The molecule has 6 heavy (non-hydrogen) atoms. The van der Waals surface area contributed by atoms with Gasteiger partial charge in [0.1, 0.15) is 11.9 Å². The van der Waals surface area contributed by atoms with E-state index < -0.39 is 5.97 Å². The predicted octanol–water partition coefficient (Wildman–Crippen LogP) is 0.0548. The molecule has 0 amide bonds. The third-order valence-electron chi connectivity index (χ3n) is 0.109. The van der Waals surface area contributed by atoms with Crippen molar-refractivity contribution in [1.29, 1.82) is 0 Å². The van der Waals surface area contributed by atoms with E-state index in [1.54, 1.807) is 0 Å². The minimum atomic E-state index is -0.480. The van der Waals surface area contributed by atoms with Crippen molar-refractivity contribution in [2.24, 2.45) is 0 Å². The summed E-state index contributed by atoms with van der Waals surface area (Å²) in [5, 5.41) is 0. The van der Waals surface area contributed by atoms with Crippen LogP contribution in [0.5, 0.6) is 0 Å². The van der Waals surface area contributed by atoms with Crippen LogP contribution in [-0.2, 0) is 9.08 Å². The Balaban J connectivity index is 0. The number of hydrogen-bond acceptors (Lipinski definition) is 2. The van der Waals surface area contributed by atoms with Gasteiger partial charge < -0.3 is 4.29 Å². The summed E-state index contributed by atoms with van der Waals surface area (Å²) >= 11 is 4.49. The standard InChI is InChI=1S/C2H3ClO2.Li.H/c1-2(4)5-3;;/h1H3;;. The SMILES string of the molecule is CC(=O)OCl.[LiH]. The van der Waals surface area contributed by atoms with Crippen LogP contribution in [-0.4, -0.2) is 24.8 Å². The molecule has 0 N–H and O–H groups in total. The zero-order valence-electron chi connectivity index (χ0n) is 2.69. The van der Waals surface area contributed by atoms with Crippen molar-refractivity contribution in [3.63, 3.8) is 0 Å². The third-order valence-corrected chi connectivity index (χ3v) is 0.326. The van der Waals surface area contributed by atoms with E-state index >= 15 is 0 Å². The molecule has 0 aromatic carbocycles. The summed E-state index contributed by atoms with van der Waals surface area (Å²) in [5.74, 6) is -0.480. The molecular formula is C2H4ClLiO2. The number of halogens is 1.